The van der Waals surface area contributed by atoms with Crippen LogP contribution in [-0.4, -0.2) is 17.6 Å². The number of unbranched alkanes of at least 4 members (excludes halogenated alkanes) is 2. The van der Waals surface area contributed by atoms with Crippen LogP contribution in [-0.2, 0) is 0 Å². The monoisotopic (exact) mass is 207 g/mol. The molecule has 1 aromatic carbocycles. The van der Waals surface area contributed by atoms with Gasteiger partial charge >= 0.3 is 0 Å². The first kappa shape index (κ1) is 11.6. The molecule has 0 spiro atoms. The van der Waals surface area contributed by atoms with Gasteiger partial charge in [0, 0.05) is 6.54 Å². The summed E-state index contributed by atoms with van der Waals surface area (Å²) in [6.07, 6.45) is 3.23. The van der Waals surface area contributed by atoms with E-state index in [0.29, 0.717) is 12.1 Å². The number of hydrogen-bond acceptors (Lipinski definition) is 2. The fourth-order valence-electron chi connectivity index (χ4n) is 1.34. The van der Waals surface area contributed by atoms with Crippen molar-refractivity contribution >= 4 is 5.91 Å². The molecule has 0 bridgehead atoms. The van der Waals surface area contributed by atoms with Crippen molar-refractivity contribution in [2.75, 3.05) is 6.54 Å². The molecule has 0 saturated carbocycles. The van der Waals surface area contributed by atoms with Crippen molar-refractivity contribution in [1.29, 1.82) is 0 Å². The van der Waals surface area contributed by atoms with Gasteiger partial charge in [-0.2, -0.15) is 0 Å². The van der Waals surface area contributed by atoms with Gasteiger partial charge in [0.15, 0.2) is 0 Å². The highest BCUT2D eigenvalue weighted by molar-refractivity contribution is 5.96. The minimum Gasteiger partial charge on any atom is -0.507 e. The number of phenols is 1. The Morgan fingerprint density at radius 2 is 2.07 bits per heavy atom. The summed E-state index contributed by atoms with van der Waals surface area (Å²) < 4.78 is 0. The Balaban J connectivity index is 2.44. The van der Waals surface area contributed by atoms with Crippen LogP contribution >= 0.6 is 0 Å². The quantitative estimate of drug-likeness (QED) is 0.728. The van der Waals surface area contributed by atoms with Gasteiger partial charge < -0.3 is 10.4 Å². The Morgan fingerprint density at radius 1 is 1.33 bits per heavy atom. The predicted molar refractivity (Wildman–Crippen MR) is 60.0 cm³/mol. The van der Waals surface area contributed by atoms with Crippen molar-refractivity contribution in [3.05, 3.63) is 29.8 Å². The molecule has 1 rings (SSSR count). The zero-order valence-electron chi connectivity index (χ0n) is 8.99. The second kappa shape index (κ2) is 6.06. The number of nitrogens with one attached hydrogen (secondary N) is 1. The van der Waals surface area contributed by atoms with Gasteiger partial charge in [-0.25, -0.2) is 0 Å². The molecule has 0 saturated heterocycles. The lowest BCUT2D eigenvalue weighted by Gasteiger charge is -2.05. The molecule has 1 aromatic rings. The van der Waals surface area contributed by atoms with Gasteiger partial charge in [-0.1, -0.05) is 31.9 Å². The highest BCUT2D eigenvalue weighted by Crippen LogP contribution is 2.14. The third kappa shape index (κ3) is 3.62. The predicted octanol–water partition coefficient (Wildman–Crippen LogP) is 2.31. The molecular weight excluding hydrogens is 190 g/mol. The van der Waals surface area contributed by atoms with Gasteiger partial charge in [-0.3, -0.25) is 4.79 Å². The largest absolute Gasteiger partial charge is 0.507 e. The smallest absolute Gasteiger partial charge is 0.255 e. The number of para-hydroxylation sites is 1. The van der Waals surface area contributed by atoms with Gasteiger partial charge in [0.25, 0.3) is 5.91 Å². The minimum absolute atomic E-state index is 0.0329. The van der Waals surface area contributed by atoms with Gasteiger partial charge in [0.1, 0.15) is 5.75 Å². The number of benzene rings is 1. The first-order chi connectivity index (χ1) is 7.25. The van der Waals surface area contributed by atoms with Crippen LogP contribution in [0.2, 0.25) is 0 Å². The van der Waals surface area contributed by atoms with Crippen molar-refractivity contribution in [2.24, 2.45) is 0 Å². The highest BCUT2D eigenvalue weighted by Gasteiger charge is 2.08. The fraction of sp³-hybridized carbons (Fsp3) is 0.417. The minimum atomic E-state index is -0.204. The molecule has 0 atom stereocenters. The van der Waals surface area contributed by atoms with Crippen LogP contribution in [0.15, 0.2) is 24.3 Å². The Hall–Kier alpha value is -1.51. The van der Waals surface area contributed by atoms with Crippen molar-refractivity contribution in [3.8, 4) is 5.75 Å². The average molecular weight is 207 g/mol. The Morgan fingerprint density at radius 3 is 2.73 bits per heavy atom. The maximum atomic E-state index is 11.6. The molecular formula is C12H17NO2. The Kier molecular flexibility index (Phi) is 4.68. The lowest BCUT2D eigenvalue weighted by Crippen LogP contribution is -2.24. The summed E-state index contributed by atoms with van der Waals surface area (Å²) >= 11 is 0. The highest BCUT2D eigenvalue weighted by atomic mass is 16.3. The molecule has 3 heteroatoms. The number of phenolic OH excluding ortho intramolecular Hbond substituents is 1. The van der Waals surface area contributed by atoms with E-state index < -0.39 is 0 Å². The van der Waals surface area contributed by atoms with Crippen LogP contribution in [0, 0.1) is 0 Å². The number of aromatic hydroxyl groups is 1. The first-order valence-corrected chi connectivity index (χ1v) is 5.32. The summed E-state index contributed by atoms with van der Waals surface area (Å²) in [5.74, 6) is -0.172. The summed E-state index contributed by atoms with van der Waals surface area (Å²) in [7, 11) is 0. The number of hydrogen-bond donors (Lipinski definition) is 2. The molecule has 0 radical (unpaired) electrons. The molecule has 0 unspecified atom stereocenters. The SMILES string of the molecule is CCCCCNC(=O)c1ccccc1O. The fourth-order valence-corrected chi connectivity index (χ4v) is 1.34. The zero-order chi connectivity index (χ0) is 11.1. The third-order valence-electron chi connectivity index (χ3n) is 2.21. The van der Waals surface area contributed by atoms with Gasteiger partial charge in [0.05, 0.1) is 5.56 Å². The van der Waals surface area contributed by atoms with Crippen LogP contribution < -0.4 is 5.32 Å². The molecule has 0 fully saturated rings. The standard InChI is InChI=1S/C12H17NO2/c1-2-3-6-9-13-12(15)10-7-4-5-8-11(10)14/h4-5,7-8,14H,2-3,6,9H2,1H3,(H,13,15). The van der Waals surface area contributed by atoms with Crippen LogP contribution in [0.4, 0.5) is 0 Å². The molecule has 0 aliphatic carbocycles. The lowest BCUT2D eigenvalue weighted by atomic mass is 10.2. The molecule has 15 heavy (non-hydrogen) atoms. The number of rotatable bonds is 5. The summed E-state index contributed by atoms with van der Waals surface area (Å²) in [5.41, 5.74) is 0.342. The maximum absolute atomic E-state index is 11.6. The number of carbonyl (C=O) groups is 1. The maximum Gasteiger partial charge on any atom is 0.255 e. The van der Waals surface area contributed by atoms with E-state index in [-0.39, 0.29) is 11.7 Å². The van der Waals surface area contributed by atoms with Crippen LogP contribution in [0.25, 0.3) is 0 Å². The molecule has 0 aromatic heterocycles. The van der Waals surface area contributed by atoms with Gasteiger partial charge in [0.2, 0.25) is 0 Å². The molecule has 0 aliphatic rings. The van der Waals surface area contributed by atoms with Crippen molar-refractivity contribution < 1.29 is 9.90 Å². The summed E-state index contributed by atoms with van der Waals surface area (Å²) in [6.45, 7) is 2.78. The number of amides is 1. The molecule has 1 amide bonds. The number of carbonyl (C=O) groups excluding carboxylic acids is 1. The topological polar surface area (TPSA) is 49.3 Å². The van der Waals surface area contributed by atoms with E-state index in [1.54, 1.807) is 18.2 Å². The van der Waals surface area contributed by atoms with Crippen molar-refractivity contribution in [2.45, 2.75) is 26.2 Å². The van der Waals surface area contributed by atoms with Crippen LogP contribution in [0.5, 0.6) is 5.75 Å². The van der Waals surface area contributed by atoms with Crippen LogP contribution in [0.1, 0.15) is 36.5 Å². The molecule has 3 nitrogen and oxygen atoms in total. The summed E-state index contributed by atoms with van der Waals surface area (Å²) in [6, 6.07) is 6.56. The normalized spacial score (nSPS) is 9.93. The van der Waals surface area contributed by atoms with E-state index in [1.807, 2.05) is 0 Å². The average Bonchev–Trinajstić information content (AvgIpc) is 2.25. The molecule has 82 valence electrons. The van der Waals surface area contributed by atoms with Gasteiger partial charge in [-0.15, -0.1) is 0 Å². The van der Waals surface area contributed by atoms with Crippen LogP contribution in [0.3, 0.4) is 0 Å². The lowest BCUT2D eigenvalue weighted by molar-refractivity contribution is 0.0950. The molecule has 0 heterocycles. The Bertz CT molecular complexity index is 323. The summed E-state index contributed by atoms with van der Waals surface area (Å²) in [4.78, 5) is 11.6. The van der Waals surface area contributed by atoms with E-state index in [1.165, 1.54) is 6.07 Å². The van der Waals surface area contributed by atoms with E-state index in [9.17, 15) is 9.90 Å². The first-order valence-electron chi connectivity index (χ1n) is 5.32. The van der Waals surface area contributed by atoms with E-state index in [2.05, 4.69) is 12.2 Å². The second-order valence-corrected chi connectivity index (χ2v) is 3.48. The zero-order valence-corrected chi connectivity index (χ0v) is 8.99. The molecule has 0 aliphatic heterocycles. The van der Waals surface area contributed by atoms with E-state index in [4.69, 9.17) is 0 Å². The second-order valence-electron chi connectivity index (χ2n) is 3.48. The van der Waals surface area contributed by atoms with Crippen molar-refractivity contribution in [1.82, 2.24) is 5.32 Å². The van der Waals surface area contributed by atoms with Crippen molar-refractivity contribution in [3.63, 3.8) is 0 Å². The Labute approximate surface area is 90.1 Å². The van der Waals surface area contributed by atoms with Gasteiger partial charge in [-0.05, 0) is 18.6 Å². The van der Waals surface area contributed by atoms with E-state index in [0.717, 1.165) is 19.3 Å². The van der Waals surface area contributed by atoms with E-state index >= 15 is 0 Å². The molecule has 2 N–H and O–H groups in total. The summed E-state index contributed by atoms with van der Waals surface area (Å²) in [5, 5.41) is 12.2. The third-order valence-corrected chi connectivity index (χ3v) is 2.21.